The van der Waals surface area contributed by atoms with E-state index in [1.807, 2.05) is 7.05 Å². The quantitative estimate of drug-likeness (QED) is 0.479. The van der Waals surface area contributed by atoms with Gasteiger partial charge < -0.3 is 10.6 Å². The van der Waals surface area contributed by atoms with Gasteiger partial charge in [0, 0.05) is 12.6 Å². The van der Waals surface area contributed by atoms with E-state index in [1.54, 1.807) is 12.1 Å². The monoisotopic (exact) mass is 251 g/mol. The highest BCUT2D eigenvalue weighted by Gasteiger charge is 2.11. The van der Waals surface area contributed by atoms with Gasteiger partial charge in [-0.2, -0.15) is 0 Å². The molecule has 0 aliphatic carbocycles. The number of hydrogen-bond acceptors (Lipinski definition) is 4. The van der Waals surface area contributed by atoms with Crippen molar-refractivity contribution >= 4 is 11.4 Å². The van der Waals surface area contributed by atoms with Gasteiger partial charge in [-0.15, -0.1) is 0 Å². The van der Waals surface area contributed by atoms with E-state index in [0.717, 1.165) is 25.1 Å². The van der Waals surface area contributed by atoms with Crippen LogP contribution < -0.4 is 5.73 Å². The zero-order chi connectivity index (χ0) is 13.7. The lowest BCUT2D eigenvalue weighted by Crippen LogP contribution is -2.20. The van der Waals surface area contributed by atoms with Crippen molar-refractivity contribution in [3.05, 3.63) is 33.9 Å². The Kier molecular flexibility index (Phi) is 5.09. The van der Waals surface area contributed by atoms with Gasteiger partial charge in [0.05, 0.1) is 4.92 Å². The van der Waals surface area contributed by atoms with Crippen LogP contribution in [0.4, 0.5) is 11.4 Å². The Balaban J connectivity index is 2.63. The molecule has 100 valence electrons. The fraction of sp³-hybridized carbons (Fsp3) is 0.538. The standard InChI is InChI=1S/C13H21N3O2/c1-10(2)6-7-15(3)9-11-4-5-13(16(17)18)12(14)8-11/h4-5,8,10H,6-7,9,14H2,1-3H3. The topological polar surface area (TPSA) is 72.4 Å². The highest BCUT2D eigenvalue weighted by Crippen LogP contribution is 2.22. The predicted octanol–water partition coefficient (Wildman–Crippen LogP) is 2.65. The Morgan fingerprint density at radius 2 is 2.11 bits per heavy atom. The van der Waals surface area contributed by atoms with E-state index in [0.29, 0.717) is 5.92 Å². The number of nitro groups is 1. The molecular weight excluding hydrogens is 230 g/mol. The van der Waals surface area contributed by atoms with Crippen LogP contribution in [-0.4, -0.2) is 23.4 Å². The summed E-state index contributed by atoms with van der Waals surface area (Å²) in [6.45, 7) is 6.15. The maximum absolute atomic E-state index is 10.6. The van der Waals surface area contributed by atoms with Gasteiger partial charge in [0.2, 0.25) is 0 Å². The smallest absolute Gasteiger partial charge is 0.292 e. The van der Waals surface area contributed by atoms with Crippen molar-refractivity contribution < 1.29 is 4.92 Å². The molecule has 0 radical (unpaired) electrons. The van der Waals surface area contributed by atoms with Crippen LogP contribution in [0.25, 0.3) is 0 Å². The van der Waals surface area contributed by atoms with E-state index in [9.17, 15) is 10.1 Å². The molecule has 2 N–H and O–H groups in total. The summed E-state index contributed by atoms with van der Waals surface area (Å²) in [7, 11) is 2.04. The lowest BCUT2D eigenvalue weighted by molar-refractivity contribution is -0.383. The Morgan fingerprint density at radius 1 is 1.44 bits per heavy atom. The molecule has 0 atom stereocenters. The highest BCUT2D eigenvalue weighted by molar-refractivity contribution is 5.59. The summed E-state index contributed by atoms with van der Waals surface area (Å²) in [5, 5.41) is 10.6. The average Bonchev–Trinajstić information content (AvgIpc) is 2.26. The van der Waals surface area contributed by atoms with Crippen molar-refractivity contribution in [2.24, 2.45) is 5.92 Å². The Bertz CT molecular complexity index is 419. The molecule has 5 nitrogen and oxygen atoms in total. The summed E-state index contributed by atoms with van der Waals surface area (Å²) in [4.78, 5) is 12.4. The second-order valence-corrected chi connectivity index (χ2v) is 5.07. The Labute approximate surface area is 108 Å². The summed E-state index contributed by atoms with van der Waals surface area (Å²) >= 11 is 0. The first-order valence-electron chi connectivity index (χ1n) is 6.11. The molecule has 0 saturated heterocycles. The van der Waals surface area contributed by atoms with Crippen LogP contribution in [0.1, 0.15) is 25.8 Å². The van der Waals surface area contributed by atoms with Gasteiger partial charge in [-0.05, 0) is 37.6 Å². The van der Waals surface area contributed by atoms with Gasteiger partial charge >= 0.3 is 0 Å². The van der Waals surface area contributed by atoms with Gasteiger partial charge in [-0.25, -0.2) is 0 Å². The van der Waals surface area contributed by atoms with Gasteiger partial charge in [0.15, 0.2) is 0 Å². The predicted molar refractivity (Wildman–Crippen MR) is 73.3 cm³/mol. The van der Waals surface area contributed by atoms with Gasteiger partial charge in [0.25, 0.3) is 5.69 Å². The summed E-state index contributed by atoms with van der Waals surface area (Å²) in [5.74, 6) is 0.675. The number of rotatable bonds is 6. The molecule has 0 saturated carbocycles. The van der Waals surface area contributed by atoms with Crippen LogP contribution in [0.2, 0.25) is 0 Å². The normalized spacial score (nSPS) is 11.2. The van der Waals surface area contributed by atoms with E-state index in [2.05, 4.69) is 18.7 Å². The molecule has 0 aromatic heterocycles. The third kappa shape index (κ3) is 4.33. The molecule has 0 unspecified atom stereocenters. The molecule has 0 amide bonds. The minimum absolute atomic E-state index is 0.0245. The fourth-order valence-electron chi connectivity index (χ4n) is 1.74. The number of anilines is 1. The van der Waals surface area contributed by atoms with E-state index in [1.165, 1.54) is 6.07 Å². The van der Waals surface area contributed by atoms with Gasteiger partial charge in [-0.1, -0.05) is 19.9 Å². The minimum atomic E-state index is -0.457. The number of nitrogen functional groups attached to an aromatic ring is 1. The Morgan fingerprint density at radius 3 is 2.61 bits per heavy atom. The summed E-state index contributed by atoms with van der Waals surface area (Å²) in [6.07, 6.45) is 1.14. The van der Waals surface area contributed by atoms with Gasteiger partial charge in [0.1, 0.15) is 5.69 Å². The molecule has 0 spiro atoms. The second-order valence-electron chi connectivity index (χ2n) is 5.07. The van der Waals surface area contributed by atoms with Crippen LogP contribution in [0.15, 0.2) is 18.2 Å². The van der Waals surface area contributed by atoms with Crippen molar-refractivity contribution in [2.75, 3.05) is 19.3 Å². The molecule has 18 heavy (non-hydrogen) atoms. The molecule has 1 aromatic carbocycles. The first-order chi connectivity index (χ1) is 8.40. The summed E-state index contributed by atoms with van der Waals surface area (Å²) in [6, 6.07) is 4.92. The molecule has 1 rings (SSSR count). The van der Waals surface area contributed by atoms with E-state index in [-0.39, 0.29) is 11.4 Å². The molecule has 5 heteroatoms. The largest absolute Gasteiger partial charge is 0.393 e. The SMILES string of the molecule is CC(C)CCN(C)Cc1ccc([N+](=O)[O-])c(N)c1. The second kappa shape index (κ2) is 6.35. The number of hydrogen-bond donors (Lipinski definition) is 1. The average molecular weight is 251 g/mol. The first-order valence-corrected chi connectivity index (χ1v) is 6.11. The van der Waals surface area contributed by atoms with Crippen molar-refractivity contribution in [3.63, 3.8) is 0 Å². The molecule has 0 heterocycles. The Hall–Kier alpha value is -1.62. The number of nitrogens with two attached hydrogens (primary N) is 1. The summed E-state index contributed by atoms with van der Waals surface area (Å²) < 4.78 is 0. The van der Waals surface area contributed by atoms with Crippen LogP contribution in [0, 0.1) is 16.0 Å². The van der Waals surface area contributed by atoms with Crippen LogP contribution in [0.3, 0.4) is 0 Å². The zero-order valence-electron chi connectivity index (χ0n) is 11.2. The van der Waals surface area contributed by atoms with Crippen molar-refractivity contribution in [1.82, 2.24) is 4.90 Å². The molecule has 0 bridgehead atoms. The van der Waals surface area contributed by atoms with E-state index in [4.69, 9.17) is 5.73 Å². The van der Waals surface area contributed by atoms with Crippen molar-refractivity contribution in [3.8, 4) is 0 Å². The zero-order valence-corrected chi connectivity index (χ0v) is 11.2. The van der Waals surface area contributed by atoms with Crippen molar-refractivity contribution in [1.29, 1.82) is 0 Å². The summed E-state index contributed by atoms with van der Waals surface area (Å²) in [5.41, 5.74) is 6.87. The number of nitro benzene ring substituents is 1. The number of benzene rings is 1. The third-order valence-corrected chi connectivity index (χ3v) is 2.83. The highest BCUT2D eigenvalue weighted by atomic mass is 16.6. The molecule has 0 fully saturated rings. The molecular formula is C13H21N3O2. The van der Waals surface area contributed by atoms with Crippen LogP contribution in [-0.2, 0) is 6.54 Å². The lowest BCUT2D eigenvalue weighted by Gasteiger charge is -2.18. The van der Waals surface area contributed by atoms with E-state index >= 15 is 0 Å². The number of nitrogens with zero attached hydrogens (tertiary/aromatic N) is 2. The third-order valence-electron chi connectivity index (χ3n) is 2.83. The minimum Gasteiger partial charge on any atom is -0.393 e. The van der Waals surface area contributed by atoms with Gasteiger partial charge in [-0.3, -0.25) is 10.1 Å². The fourth-order valence-corrected chi connectivity index (χ4v) is 1.74. The molecule has 0 aliphatic rings. The van der Waals surface area contributed by atoms with Crippen LogP contribution in [0.5, 0.6) is 0 Å². The lowest BCUT2D eigenvalue weighted by atomic mass is 10.1. The van der Waals surface area contributed by atoms with Crippen molar-refractivity contribution in [2.45, 2.75) is 26.8 Å². The first kappa shape index (κ1) is 14.4. The van der Waals surface area contributed by atoms with E-state index < -0.39 is 4.92 Å². The van der Waals surface area contributed by atoms with Crippen LogP contribution >= 0.6 is 0 Å². The maximum Gasteiger partial charge on any atom is 0.292 e. The molecule has 0 aliphatic heterocycles. The maximum atomic E-state index is 10.6. The molecule has 1 aromatic rings.